The molecule has 0 N–H and O–H groups in total. The third-order valence-electron chi connectivity index (χ3n) is 6.62. The number of benzene rings is 1. The van der Waals surface area contributed by atoms with Gasteiger partial charge in [-0.25, -0.2) is 4.98 Å². The SMILES string of the molecule is CCN(CC)C(=O)[C@H]1CCCN(C(=O)c2ccc(-c3ccccc3)nc2N2CCOCC2)C1. The van der Waals surface area contributed by atoms with Gasteiger partial charge < -0.3 is 19.4 Å². The average Bonchev–Trinajstić information content (AvgIpc) is 2.89. The van der Waals surface area contributed by atoms with Crippen molar-refractivity contribution in [2.24, 2.45) is 5.92 Å². The lowest BCUT2D eigenvalue weighted by Gasteiger charge is -2.35. The molecule has 1 aromatic heterocycles. The van der Waals surface area contributed by atoms with Crippen molar-refractivity contribution in [3.05, 3.63) is 48.0 Å². The van der Waals surface area contributed by atoms with Crippen molar-refractivity contribution < 1.29 is 14.3 Å². The highest BCUT2D eigenvalue weighted by Gasteiger charge is 2.32. The lowest BCUT2D eigenvalue weighted by molar-refractivity contribution is -0.136. The molecule has 7 heteroatoms. The first-order valence-corrected chi connectivity index (χ1v) is 12.1. The molecule has 2 saturated heterocycles. The number of pyridine rings is 1. The zero-order chi connectivity index (χ0) is 23.2. The van der Waals surface area contributed by atoms with Gasteiger partial charge in [0.1, 0.15) is 5.82 Å². The Morgan fingerprint density at radius 2 is 1.76 bits per heavy atom. The van der Waals surface area contributed by atoms with Crippen LogP contribution < -0.4 is 4.90 Å². The highest BCUT2D eigenvalue weighted by Crippen LogP contribution is 2.28. The van der Waals surface area contributed by atoms with E-state index in [4.69, 9.17) is 9.72 Å². The van der Waals surface area contributed by atoms with Gasteiger partial charge in [0.25, 0.3) is 5.91 Å². The largest absolute Gasteiger partial charge is 0.378 e. The number of hydrogen-bond acceptors (Lipinski definition) is 5. The monoisotopic (exact) mass is 450 g/mol. The molecule has 33 heavy (non-hydrogen) atoms. The number of carbonyl (C=O) groups excluding carboxylic acids is 2. The van der Waals surface area contributed by atoms with Crippen LogP contribution in [-0.2, 0) is 9.53 Å². The van der Waals surface area contributed by atoms with Gasteiger partial charge in [0, 0.05) is 44.8 Å². The maximum atomic E-state index is 13.7. The van der Waals surface area contributed by atoms with E-state index in [1.165, 1.54) is 0 Å². The summed E-state index contributed by atoms with van der Waals surface area (Å²) in [7, 11) is 0. The first kappa shape index (κ1) is 23.2. The Kier molecular flexibility index (Phi) is 7.60. The molecule has 1 aromatic carbocycles. The Morgan fingerprint density at radius 1 is 1.03 bits per heavy atom. The van der Waals surface area contributed by atoms with Crippen molar-refractivity contribution in [3.8, 4) is 11.3 Å². The minimum absolute atomic E-state index is 0.0411. The number of piperidine rings is 1. The van der Waals surface area contributed by atoms with E-state index in [0.717, 1.165) is 24.1 Å². The summed E-state index contributed by atoms with van der Waals surface area (Å²) in [6, 6.07) is 13.8. The molecule has 0 radical (unpaired) electrons. The van der Waals surface area contributed by atoms with Gasteiger partial charge in [-0.2, -0.15) is 0 Å². The number of ether oxygens (including phenoxy) is 1. The number of aromatic nitrogens is 1. The Bertz CT molecular complexity index is 955. The molecule has 0 aliphatic carbocycles. The lowest BCUT2D eigenvalue weighted by Crippen LogP contribution is -2.47. The van der Waals surface area contributed by atoms with Crippen LogP contribution >= 0.6 is 0 Å². The predicted molar refractivity (Wildman–Crippen MR) is 129 cm³/mol. The molecule has 2 aliphatic heterocycles. The number of anilines is 1. The Hall–Kier alpha value is -2.93. The smallest absolute Gasteiger partial charge is 0.257 e. The van der Waals surface area contributed by atoms with E-state index in [0.29, 0.717) is 63.9 Å². The molecule has 2 aliphatic rings. The third kappa shape index (κ3) is 5.19. The van der Waals surface area contributed by atoms with Crippen LogP contribution in [0.1, 0.15) is 37.0 Å². The van der Waals surface area contributed by atoms with E-state index < -0.39 is 0 Å². The summed E-state index contributed by atoms with van der Waals surface area (Å²) < 4.78 is 5.53. The van der Waals surface area contributed by atoms with E-state index in [9.17, 15) is 9.59 Å². The molecule has 7 nitrogen and oxygen atoms in total. The first-order valence-electron chi connectivity index (χ1n) is 12.1. The van der Waals surface area contributed by atoms with Crippen molar-refractivity contribution in [1.29, 1.82) is 0 Å². The molecule has 4 rings (SSSR count). The molecule has 2 amide bonds. The number of morpholine rings is 1. The van der Waals surface area contributed by atoms with Crippen LogP contribution in [0.3, 0.4) is 0 Å². The van der Waals surface area contributed by atoms with Crippen molar-refractivity contribution in [2.45, 2.75) is 26.7 Å². The number of hydrogen-bond donors (Lipinski definition) is 0. The van der Waals surface area contributed by atoms with E-state index in [2.05, 4.69) is 4.90 Å². The van der Waals surface area contributed by atoms with Gasteiger partial charge in [-0.1, -0.05) is 30.3 Å². The number of rotatable bonds is 6. The molecule has 3 heterocycles. The van der Waals surface area contributed by atoms with E-state index >= 15 is 0 Å². The van der Waals surface area contributed by atoms with Gasteiger partial charge in [0.15, 0.2) is 0 Å². The zero-order valence-electron chi connectivity index (χ0n) is 19.7. The minimum Gasteiger partial charge on any atom is -0.378 e. The van der Waals surface area contributed by atoms with Crippen LogP contribution in [-0.4, -0.2) is 79.1 Å². The van der Waals surface area contributed by atoms with Gasteiger partial charge >= 0.3 is 0 Å². The summed E-state index contributed by atoms with van der Waals surface area (Å²) in [6.45, 7) is 9.19. The molecule has 0 unspecified atom stereocenters. The van der Waals surface area contributed by atoms with Gasteiger partial charge in [0.2, 0.25) is 5.91 Å². The summed E-state index contributed by atoms with van der Waals surface area (Å²) >= 11 is 0. The van der Waals surface area contributed by atoms with Gasteiger partial charge in [-0.05, 0) is 38.8 Å². The van der Waals surface area contributed by atoms with Crippen molar-refractivity contribution in [3.63, 3.8) is 0 Å². The molecular formula is C26H34N4O3. The van der Waals surface area contributed by atoms with Crippen LogP contribution in [0.4, 0.5) is 5.82 Å². The molecule has 0 bridgehead atoms. The second-order valence-corrected chi connectivity index (χ2v) is 8.63. The number of likely N-dealkylation sites (tertiary alicyclic amines) is 1. The summed E-state index contributed by atoms with van der Waals surface area (Å²) in [5.74, 6) is 0.692. The average molecular weight is 451 g/mol. The van der Waals surface area contributed by atoms with Gasteiger partial charge in [-0.3, -0.25) is 9.59 Å². The van der Waals surface area contributed by atoms with E-state index in [1.807, 2.05) is 66.1 Å². The number of nitrogens with zero attached hydrogens (tertiary/aromatic N) is 4. The second kappa shape index (κ2) is 10.8. The third-order valence-corrected chi connectivity index (χ3v) is 6.62. The fourth-order valence-electron chi connectivity index (χ4n) is 4.73. The Balaban J connectivity index is 1.61. The predicted octanol–water partition coefficient (Wildman–Crippen LogP) is 3.31. The summed E-state index contributed by atoms with van der Waals surface area (Å²) in [6.07, 6.45) is 1.67. The summed E-state index contributed by atoms with van der Waals surface area (Å²) in [5, 5.41) is 0. The molecular weight excluding hydrogens is 416 g/mol. The van der Waals surface area contributed by atoms with Crippen molar-refractivity contribution >= 4 is 17.6 Å². The minimum atomic E-state index is -0.133. The second-order valence-electron chi connectivity index (χ2n) is 8.63. The van der Waals surface area contributed by atoms with Crippen LogP contribution in [0, 0.1) is 5.92 Å². The molecule has 0 spiro atoms. The van der Waals surface area contributed by atoms with Gasteiger partial charge in [0.05, 0.1) is 30.4 Å². The number of amides is 2. The summed E-state index contributed by atoms with van der Waals surface area (Å²) in [5.41, 5.74) is 2.48. The standard InChI is InChI=1S/C26H34N4O3/c1-3-28(4-2)25(31)21-11-8-14-30(19-21)26(32)22-12-13-23(20-9-6-5-7-10-20)27-24(22)29-15-17-33-18-16-29/h5-7,9-10,12-13,21H,3-4,8,11,14-19H2,1-2H3/t21-/m0/s1. The molecule has 2 aromatic rings. The maximum Gasteiger partial charge on any atom is 0.257 e. The van der Waals surface area contributed by atoms with Crippen molar-refractivity contribution in [2.75, 3.05) is 57.4 Å². The summed E-state index contributed by atoms with van der Waals surface area (Å²) in [4.78, 5) is 37.4. The Morgan fingerprint density at radius 3 is 2.45 bits per heavy atom. The Labute approximate surface area is 196 Å². The quantitative estimate of drug-likeness (QED) is 0.676. The fourth-order valence-corrected chi connectivity index (χ4v) is 4.73. The van der Waals surface area contributed by atoms with Crippen LogP contribution in [0.25, 0.3) is 11.3 Å². The molecule has 1 atom stereocenters. The topological polar surface area (TPSA) is 66.0 Å². The maximum absolute atomic E-state index is 13.7. The fraction of sp³-hybridized carbons (Fsp3) is 0.500. The highest BCUT2D eigenvalue weighted by atomic mass is 16.5. The lowest BCUT2D eigenvalue weighted by atomic mass is 9.95. The van der Waals surface area contributed by atoms with Crippen LogP contribution in [0.5, 0.6) is 0 Å². The zero-order valence-corrected chi connectivity index (χ0v) is 19.7. The van der Waals surface area contributed by atoms with Gasteiger partial charge in [-0.15, -0.1) is 0 Å². The number of carbonyl (C=O) groups is 2. The molecule has 176 valence electrons. The molecule has 2 fully saturated rings. The van der Waals surface area contributed by atoms with E-state index in [1.54, 1.807) is 0 Å². The van der Waals surface area contributed by atoms with E-state index in [-0.39, 0.29) is 17.7 Å². The first-order chi connectivity index (χ1) is 16.1. The highest BCUT2D eigenvalue weighted by molar-refractivity contribution is 5.99. The molecule has 0 saturated carbocycles. The normalized spacial score (nSPS) is 18.8. The van der Waals surface area contributed by atoms with Crippen LogP contribution in [0.2, 0.25) is 0 Å². The van der Waals surface area contributed by atoms with Crippen molar-refractivity contribution in [1.82, 2.24) is 14.8 Å². The van der Waals surface area contributed by atoms with Crippen LogP contribution in [0.15, 0.2) is 42.5 Å².